The Morgan fingerprint density at radius 2 is 1.86 bits per heavy atom. The third kappa shape index (κ3) is 4.77. The number of ether oxygens (including phenoxy) is 2. The Morgan fingerprint density at radius 1 is 1.14 bits per heavy atom. The van der Waals surface area contributed by atoms with Gasteiger partial charge in [0.05, 0.1) is 35.6 Å². The third-order valence-electron chi connectivity index (χ3n) is 5.98. The number of benzene rings is 2. The fourth-order valence-corrected chi connectivity index (χ4v) is 5.37. The van der Waals surface area contributed by atoms with Gasteiger partial charge < -0.3 is 13.9 Å². The lowest BCUT2D eigenvalue weighted by Crippen LogP contribution is -2.39. The molecule has 0 bridgehead atoms. The number of nitrogens with zero attached hydrogens (tertiary/aromatic N) is 2. The molecule has 3 heterocycles. The second kappa shape index (κ2) is 10.2. The van der Waals surface area contributed by atoms with Crippen LogP contribution < -0.4 is 19.6 Å². The number of furan rings is 1. The van der Waals surface area contributed by atoms with Crippen molar-refractivity contribution in [3.05, 3.63) is 108 Å². The molecular weight excluding hydrogens is 512 g/mol. The van der Waals surface area contributed by atoms with Crippen LogP contribution in [0, 0.1) is 0 Å². The number of rotatable bonds is 6. The van der Waals surface area contributed by atoms with Gasteiger partial charge in [-0.05, 0) is 67.9 Å². The fourth-order valence-electron chi connectivity index (χ4n) is 4.22. The average Bonchev–Trinajstić information content (AvgIpc) is 3.48. The van der Waals surface area contributed by atoms with Crippen molar-refractivity contribution in [2.75, 3.05) is 13.7 Å². The Kier molecular flexibility index (Phi) is 6.86. The zero-order valence-electron chi connectivity index (χ0n) is 20.4. The summed E-state index contributed by atoms with van der Waals surface area (Å²) in [6, 6.07) is 17.5. The summed E-state index contributed by atoms with van der Waals surface area (Å²) in [7, 11) is 1.58. The summed E-state index contributed by atoms with van der Waals surface area (Å²) in [6.45, 7) is 3.71. The van der Waals surface area contributed by atoms with Gasteiger partial charge in [0.25, 0.3) is 5.56 Å². The minimum atomic E-state index is -0.690. The number of aromatic nitrogens is 1. The van der Waals surface area contributed by atoms with Crippen LogP contribution in [0.3, 0.4) is 0 Å². The Bertz CT molecular complexity index is 1680. The molecule has 4 aromatic rings. The van der Waals surface area contributed by atoms with Crippen LogP contribution in [0.1, 0.15) is 31.2 Å². The number of allylic oxidation sites excluding steroid dienone is 1. The van der Waals surface area contributed by atoms with Gasteiger partial charge in [-0.15, -0.1) is 0 Å². The number of carbonyl (C=O) groups excluding carboxylic acids is 1. The van der Waals surface area contributed by atoms with E-state index in [1.54, 1.807) is 61.9 Å². The smallest absolute Gasteiger partial charge is 0.338 e. The standard InChI is InChI=1S/C28H23ClN2O5S/c1-4-35-27(33)24-16(2)30-28-31(25(24)18-7-11-20(34-3)12-8-18)26(32)23(37-28)15-21-13-14-22(36-21)17-5-9-19(29)10-6-17/h5-15,25H,4H2,1-3H3/b23-15-/t25-/m0/s1. The molecule has 0 N–H and O–H groups in total. The molecule has 0 spiro atoms. The number of esters is 1. The van der Waals surface area contributed by atoms with E-state index in [1.807, 2.05) is 30.3 Å². The van der Waals surface area contributed by atoms with Crippen LogP contribution in [0.25, 0.3) is 17.4 Å². The van der Waals surface area contributed by atoms with Crippen molar-refractivity contribution in [3.63, 3.8) is 0 Å². The van der Waals surface area contributed by atoms with Crippen molar-refractivity contribution in [2.24, 2.45) is 4.99 Å². The Morgan fingerprint density at radius 3 is 2.54 bits per heavy atom. The number of methoxy groups -OCH3 is 1. The van der Waals surface area contributed by atoms with Crippen molar-refractivity contribution in [1.82, 2.24) is 4.57 Å². The summed E-state index contributed by atoms with van der Waals surface area (Å²) in [4.78, 5) is 31.8. The van der Waals surface area contributed by atoms with Gasteiger partial charge in [-0.2, -0.15) is 0 Å². The summed E-state index contributed by atoms with van der Waals surface area (Å²) in [5.41, 5.74) is 2.18. The van der Waals surface area contributed by atoms with Gasteiger partial charge in [0.15, 0.2) is 4.80 Å². The van der Waals surface area contributed by atoms with Gasteiger partial charge in [0.1, 0.15) is 17.3 Å². The van der Waals surface area contributed by atoms with E-state index < -0.39 is 12.0 Å². The molecule has 1 atom stereocenters. The van der Waals surface area contributed by atoms with Gasteiger partial charge in [-0.3, -0.25) is 9.36 Å². The van der Waals surface area contributed by atoms with E-state index in [-0.39, 0.29) is 12.2 Å². The Labute approximate surface area is 221 Å². The second-order valence-corrected chi connectivity index (χ2v) is 9.73. The largest absolute Gasteiger partial charge is 0.497 e. The molecule has 0 saturated carbocycles. The topological polar surface area (TPSA) is 83.0 Å². The molecule has 7 nitrogen and oxygen atoms in total. The molecule has 2 aromatic carbocycles. The summed E-state index contributed by atoms with van der Waals surface area (Å²) in [5.74, 6) is 1.35. The highest BCUT2D eigenvalue weighted by Crippen LogP contribution is 2.31. The molecule has 0 radical (unpaired) electrons. The molecule has 0 unspecified atom stereocenters. The fraction of sp³-hybridized carbons (Fsp3) is 0.179. The van der Waals surface area contributed by atoms with Crippen molar-refractivity contribution < 1.29 is 18.7 Å². The lowest BCUT2D eigenvalue weighted by molar-refractivity contribution is -0.139. The number of halogens is 1. The number of thiazole rings is 1. The second-order valence-electron chi connectivity index (χ2n) is 8.28. The van der Waals surface area contributed by atoms with Crippen LogP contribution in [0.5, 0.6) is 5.75 Å². The zero-order valence-corrected chi connectivity index (χ0v) is 21.9. The van der Waals surface area contributed by atoms with E-state index >= 15 is 0 Å². The molecule has 37 heavy (non-hydrogen) atoms. The highest BCUT2D eigenvalue weighted by molar-refractivity contribution is 7.07. The van der Waals surface area contributed by atoms with E-state index in [1.165, 1.54) is 11.3 Å². The van der Waals surface area contributed by atoms with Gasteiger partial charge in [-0.25, -0.2) is 9.79 Å². The highest BCUT2D eigenvalue weighted by Gasteiger charge is 2.33. The van der Waals surface area contributed by atoms with Crippen LogP contribution >= 0.6 is 22.9 Å². The van der Waals surface area contributed by atoms with Gasteiger partial charge >= 0.3 is 5.97 Å². The lowest BCUT2D eigenvalue weighted by Gasteiger charge is -2.24. The number of fused-ring (bicyclic) bond motifs is 1. The molecular formula is C28H23ClN2O5S. The number of hydrogen-bond donors (Lipinski definition) is 0. The summed E-state index contributed by atoms with van der Waals surface area (Å²) < 4.78 is 18.6. The van der Waals surface area contributed by atoms with E-state index in [0.29, 0.717) is 42.9 Å². The summed E-state index contributed by atoms with van der Waals surface area (Å²) >= 11 is 7.23. The molecule has 0 fully saturated rings. The first-order valence-corrected chi connectivity index (χ1v) is 12.8. The van der Waals surface area contributed by atoms with Crippen LogP contribution in [0.4, 0.5) is 0 Å². The molecule has 1 aliphatic heterocycles. The predicted octanol–water partition coefficient (Wildman–Crippen LogP) is 4.72. The van der Waals surface area contributed by atoms with Gasteiger partial charge in [0.2, 0.25) is 0 Å². The molecule has 0 saturated heterocycles. The SMILES string of the molecule is CCOC(=O)C1=C(C)N=c2s/c(=C\c3ccc(-c4ccc(Cl)cc4)o3)c(=O)n2[C@H]1c1ccc(OC)cc1. The minimum Gasteiger partial charge on any atom is -0.497 e. The first-order chi connectivity index (χ1) is 17.9. The quantitative estimate of drug-likeness (QED) is 0.334. The predicted molar refractivity (Wildman–Crippen MR) is 143 cm³/mol. The molecule has 1 aliphatic rings. The van der Waals surface area contributed by atoms with E-state index in [9.17, 15) is 9.59 Å². The van der Waals surface area contributed by atoms with Gasteiger partial charge in [-0.1, -0.05) is 35.1 Å². The van der Waals surface area contributed by atoms with Crippen LogP contribution in [0.15, 0.2) is 86.1 Å². The van der Waals surface area contributed by atoms with Crippen LogP contribution in [-0.4, -0.2) is 24.3 Å². The normalized spacial score (nSPS) is 15.4. The van der Waals surface area contributed by atoms with Gasteiger partial charge in [0, 0.05) is 16.7 Å². The molecule has 5 rings (SSSR count). The third-order valence-corrected chi connectivity index (χ3v) is 7.21. The van der Waals surface area contributed by atoms with E-state index in [4.69, 9.17) is 25.5 Å². The molecule has 2 aromatic heterocycles. The van der Waals surface area contributed by atoms with E-state index in [2.05, 4.69) is 4.99 Å². The first kappa shape index (κ1) is 24.8. The maximum atomic E-state index is 13.7. The molecule has 188 valence electrons. The maximum Gasteiger partial charge on any atom is 0.338 e. The van der Waals surface area contributed by atoms with Crippen LogP contribution in [0.2, 0.25) is 5.02 Å². The highest BCUT2D eigenvalue weighted by atomic mass is 35.5. The molecule has 0 aliphatic carbocycles. The minimum absolute atomic E-state index is 0.212. The van der Waals surface area contributed by atoms with Crippen molar-refractivity contribution in [2.45, 2.75) is 19.9 Å². The maximum absolute atomic E-state index is 13.7. The monoisotopic (exact) mass is 534 g/mol. The lowest BCUT2D eigenvalue weighted by atomic mass is 9.96. The molecule has 9 heteroatoms. The van der Waals surface area contributed by atoms with Crippen molar-refractivity contribution >= 4 is 35.0 Å². The molecule has 0 amide bonds. The van der Waals surface area contributed by atoms with Crippen LogP contribution in [-0.2, 0) is 9.53 Å². The average molecular weight is 535 g/mol. The zero-order chi connectivity index (χ0) is 26.1. The number of hydrogen-bond acceptors (Lipinski definition) is 7. The summed E-state index contributed by atoms with van der Waals surface area (Å²) in [5, 5.41) is 0.639. The van der Waals surface area contributed by atoms with E-state index in [0.717, 1.165) is 11.1 Å². The first-order valence-electron chi connectivity index (χ1n) is 11.6. The van der Waals surface area contributed by atoms with Crippen molar-refractivity contribution in [3.8, 4) is 17.1 Å². The Balaban J connectivity index is 1.62. The summed E-state index contributed by atoms with van der Waals surface area (Å²) in [6.07, 6.45) is 1.69. The Hall–Kier alpha value is -3.88. The van der Waals surface area contributed by atoms with Crippen molar-refractivity contribution in [1.29, 1.82) is 0 Å². The number of carbonyl (C=O) groups is 1.